The van der Waals surface area contributed by atoms with Crippen LogP contribution in [0.15, 0.2) is 27.9 Å². The fraction of sp³-hybridized carbons (Fsp3) is 0.600. The molecule has 0 bridgehead atoms. The molecule has 1 unspecified atom stereocenters. The molecule has 0 spiro atoms. The molecule has 3 rings (SSSR count). The highest BCUT2D eigenvalue weighted by Crippen LogP contribution is 2.29. The van der Waals surface area contributed by atoms with Crippen LogP contribution in [0.5, 0.6) is 0 Å². The molecule has 3 heterocycles. The van der Waals surface area contributed by atoms with Crippen molar-refractivity contribution in [2.45, 2.75) is 39.2 Å². The van der Waals surface area contributed by atoms with E-state index in [-0.39, 0.29) is 24.0 Å². The molecule has 0 saturated carbocycles. The number of thiazole rings is 1. The van der Waals surface area contributed by atoms with Crippen LogP contribution in [0.4, 0.5) is 0 Å². The van der Waals surface area contributed by atoms with Crippen molar-refractivity contribution in [3.63, 3.8) is 0 Å². The minimum Gasteiger partial charge on any atom is -0.356 e. The van der Waals surface area contributed by atoms with Crippen molar-refractivity contribution in [2.75, 3.05) is 33.2 Å². The summed E-state index contributed by atoms with van der Waals surface area (Å²) in [6.07, 6.45) is 3.51. The van der Waals surface area contributed by atoms with Gasteiger partial charge in [-0.1, -0.05) is 13.0 Å². The van der Waals surface area contributed by atoms with Crippen molar-refractivity contribution in [1.82, 2.24) is 20.5 Å². The molecular formula is C20H32IN5S2. The lowest BCUT2D eigenvalue weighted by Gasteiger charge is -2.36. The van der Waals surface area contributed by atoms with Gasteiger partial charge in [0.2, 0.25) is 0 Å². The second-order valence-corrected chi connectivity index (χ2v) is 9.28. The average molecular weight is 534 g/mol. The van der Waals surface area contributed by atoms with Crippen LogP contribution in [0.3, 0.4) is 0 Å². The molecule has 2 N–H and O–H groups in total. The van der Waals surface area contributed by atoms with E-state index in [0.717, 1.165) is 42.1 Å². The van der Waals surface area contributed by atoms with Gasteiger partial charge in [-0.05, 0) is 50.2 Å². The van der Waals surface area contributed by atoms with Crippen LogP contribution in [-0.4, -0.2) is 49.1 Å². The molecule has 8 heteroatoms. The third-order valence-electron chi connectivity index (χ3n) is 5.16. The van der Waals surface area contributed by atoms with Gasteiger partial charge < -0.3 is 10.6 Å². The average Bonchev–Trinajstić information content (AvgIpc) is 3.34. The van der Waals surface area contributed by atoms with Crippen molar-refractivity contribution in [2.24, 2.45) is 10.9 Å². The first-order chi connectivity index (χ1) is 13.2. The highest BCUT2D eigenvalue weighted by atomic mass is 127. The van der Waals surface area contributed by atoms with Gasteiger partial charge in [-0.25, -0.2) is 4.98 Å². The van der Waals surface area contributed by atoms with Crippen LogP contribution in [0.25, 0.3) is 0 Å². The molecule has 5 nitrogen and oxygen atoms in total. The predicted octanol–water partition coefficient (Wildman–Crippen LogP) is 4.31. The number of nitrogens with zero attached hydrogens (tertiary/aromatic N) is 3. The number of halogens is 1. The number of aryl methyl sites for hydroxylation is 1. The topological polar surface area (TPSA) is 52.6 Å². The van der Waals surface area contributed by atoms with E-state index in [0.29, 0.717) is 6.04 Å². The van der Waals surface area contributed by atoms with Crippen LogP contribution in [-0.2, 0) is 6.42 Å². The summed E-state index contributed by atoms with van der Waals surface area (Å²) in [4.78, 5) is 13.0. The number of nitrogens with one attached hydrogen (secondary N) is 2. The van der Waals surface area contributed by atoms with E-state index in [4.69, 9.17) is 0 Å². The van der Waals surface area contributed by atoms with Gasteiger partial charge in [0.1, 0.15) is 0 Å². The minimum absolute atomic E-state index is 0. The largest absolute Gasteiger partial charge is 0.356 e. The van der Waals surface area contributed by atoms with Crippen LogP contribution in [0, 0.1) is 12.8 Å². The van der Waals surface area contributed by atoms with E-state index < -0.39 is 0 Å². The molecule has 1 atom stereocenters. The van der Waals surface area contributed by atoms with Crippen LogP contribution < -0.4 is 10.6 Å². The third kappa shape index (κ3) is 6.96. The number of piperidine rings is 1. The van der Waals surface area contributed by atoms with Crippen LogP contribution >= 0.6 is 46.7 Å². The van der Waals surface area contributed by atoms with Gasteiger partial charge in [-0.3, -0.25) is 9.89 Å². The molecule has 0 amide bonds. The number of hydrogen-bond donors (Lipinski definition) is 2. The van der Waals surface area contributed by atoms with Gasteiger partial charge in [0.15, 0.2) is 5.96 Å². The summed E-state index contributed by atoms with van der Waals surface area (Å²) in [7, 11) is 1.84. The Hall–Kier alpha value is -0.710. The fourth-order valence-corrected chi connectivity index (χ4v) is 4.98. The van der Waals surface area contributed by atoms with Crippen molar-refractivity contribution in [3.8, 4) is 0 Å². The zero-order valence-corrected chi connectivity index (χ0v) is 20.9. The van der Waals surface area contributed by atoms with Gasteiger partial charge in [0.05, 0.1) is 16.7 Å². The Morgan fingerprint density at radius 3 is 2.71 bits per heavy atom. The first-order valence-electron chi connectivity index (χ1n) is 9.78. The Bertz CT molecular complexity index is 708. The van der Waals surface area contributed by atoms with Gasteiger partial charge in [-0.15, -0.1) is 46.7 Å². The monoisotopic (exact) mass is 533 g/mol. The molecule has 0 radical (unpaired) electrons. The van der Waals surface area contributed by atoms with Crippen molar-refractivity contribution >= 4 is 52.6 Å². The van der Waals surface area contributed by atoms with E-state index in [2.05, 4.69) is 55.3 Å². The number of hydrogen-bond acceptors (Lipinski definition) is 5. The summed E-state index contributed by atoms with van der Waals surface area (Å²) in [5.74, 6) is 1.72. The van der Waals surface area contributed by atoms with E-state index in [1.54, 1.807) is 11.3 Å². The molecule has 156 valence electrons. The normalized spacial score (nSPS) is 17.2. The summed E-state index contributed by atoms with van der Waals surface area (Å²) in [5, 5.41) is 12.4. The number of aliphatic imine (C=N–C) groups is 1. The fourth-order valence-electron chi connectivity index (χ4n) is 3.48. The molecule has 28 heavy (non-hydrogen) atoms. The van der Waals surface area contributed by atoms with Gasteiger partial charge in [0, 0.05) is 36.8 Å². The van der Waals surface area contributed by atoms with E-state index >= 15 is 0 Å². The second-order valence-electron chi connectivity index (χ2n) is 7.24. The molecule has 1 fully saturated rings. The lowest BCUT2D eigenvalue weighted by molar-refractivity contribution is 0.140. The number of aromatic nitrogens is 1. The van der Waals surface area contributed by atoms with Gasteiger partial charge in [-0.2, -0.15) is 0 Å². The number of guanidine groups is 1. The van der Waals surface area contributed by atoms with Gasteiger partial charge in [0.25, 0.3) is 0 Å². The molecule has 0 aromatic carbocycles. The third-order valence-corrected chi connectivity index (χ3v) is 6.95. The molecular weight excluding hydrogens is 501 g/mol. The molecule has 0 aliphatic carbocycles. The quantitative estimate of drug-likeness (QED) is 0.317. The highest BCUT2D eigenvalue weighted by Gasteiger charge is 2.25. The molecule has 1 aliphatic rings. The summed E-state index contributed by atoms with van der Waals surface area (Å²) >= 11 is 3.56. The van der Waals surface area contributed by atoms with Crippen LogP contribution in [0.2, 0.25) is 0 Å². The first kappa shape index (κ1) is 23.6. The first-order valence-corrected chi connectivity index (χ1v) is 11.5. The number of thiophene rings is 1. The summed E-state index contributed by atoms with van der Waals surface area (Å²) in [6, 6.07) is 4.83. The van der Waals surface area contributed by atoms with Crippen molar-refractivity contribution in [3.05, 3.63) is 38.5 Å². The molecule has 1 saturated heterocycles. The zero-order chi connectivity index (χ0) is 19.1. The number of likely N-dealkylation sites (tertiary alicyclic amines) is 1. The van der Waals surface area contributed by atoms with Crippen molar-refractivity contribution < 1.29 is 0 Å². The van der Waals surface area contributed by atoms with Gasteiger partial charge >= 0.3 is 0 Å². The Kier molecular flexibility index (Phi) is 10.2. The molecule has 2 aromatic heterocycles. The lowest BCUT2D eigenvalue weighted by atomic mass is 9.97. The molecule has 2 aromatic rings. The second kappa shape index (κ2) is 12.1. The van der Waals surface area contributed by atoms with E-state index in [1.807, 2.05) is 25.3 Å². The smallest absolute Gasteiger partial charge is 0.191 e. The Morgan fingerprint density at radius 1 is 1.32 bits per heavy atom. The summed E-state index contributed by atoms with van der Waals surface area (Å²) in [5.41, 5.74) is 1.15. The minimum atomic E-state index is 0. The lowest BCUT2D eigenvalue weighted by Crippen LogP contribution is -2.45. The maximum Gasteiger partial charge on any atom is 0.191 e. The number of rotatable bonds is 7. The summed E-state index contributed by atoms with van der Waals surface area (Å²) < 4.78 is 0. The van der Waals surface area contributed by atoms with E-state index in [9.17, 15) is 0 Å². The predicted molar refractivity (Wildman–Crippen MR) is 132 cm³/mol. The maximum atomic E-state index is 4.52. The summed E-state index contributed by atoms with van der Waals surface area (Å²) in [6.45, 7) is 8.50. The van der Waals surface area contributed by atoms with Crippen molar-refractivity contribution in [1.29, 1.82) is 0 Å². The SMILES string of the molecule is CN=C(NCCc1csc(C)n1)NCC(c1cccs1)N1CCC(C)CC1.I. The maximum absolute atomic E-state index is 4.52. The standard InChI is InChI=1S/C20H31N5S2.HI/c1-15-7-10-25(11-8-15)18(19-5-4-12-26-19)13-23-20(21-3)22-9-6-17-14-27-16(2)24-17;/h4-5,12,14-15,18H,6-11,13H2,1-3H3,(H2,21,22,23);1H. The van der Waals surface area contributed by atoms with Crippen LogP contribution in [0.1, 0.15) is 41.4 Å². The Balaban J connectivity index is 0.00000280. The Morgan fingerprint density at radius 2 is 2.11 bits per heavy atom. The zero-order valence-electron chi connectivity index (χ0n) is 17.0. The Labute approximate surface area is 194 Å². The molecule has 1 aliphatic heterocycles. The van der Waals surface area contributed by atoms with E-state index in [1.165, 1.54) is 30.8 Å². The highest BCUT2D eigenvalue weighted by molar-refractivity contribution is 14.0.